The first-order chi connectivity index (χ1) is 17.5. The zero-order valence-corrected chi connectivity index (χ0v) is 19.1. The Balaban J connectivity index is 1.70. The van der Waals surface area contributed by atoms with Crippen molar-refractivity contribution in [3.63, 3.8) is 0 Å². The van der Waals surface area contributed by atoms with E-state index in [9.17, 15) is 50.4 Å². The lowest BCUT2D eigenvalue weighted by Crippen LogP contribution is -2.60. The van der Waals surface area contributed by atoms with Crippen LogP contribution in [-0.2, 0) is 25.5 Å². The highest BCUT2D eigenvalue weighted by Crippen LogP contribution is 2.32. The van der Waals surface area contributed by atoms with Crippen molar-refractivity contribution in [2.45, 2.75) is 43.2 Å². The highest BCUT2D eigenvalue weighted by molar-refractivity contribution is 5.89. The average molecular weight is 521 g/mol. The normalized spacial score (nSPS) is 24.5. The highest BCUT2D eigenvalue weighted by atomic mass is 16.7. The van der Waals surface area contributed by atoms with Gasteiger partial charge in [-0.15, -0.1) is 0 Å². The van der Waals surface area contributed by atoms with E-state index in [0.29, 0.717) is 5.56 Å². The summed E-state index contributed by atoms with van der Waals surface area (Å²) in [4.78, 5) is 23.7. The van der Waals surface area contributed by atoms with Gasteiger partial charge in [0.2, 0.25) is 6.29 Å². The predicted molar refractivity (Wildman–Crippen MR) is 120 cm³/mol. The Hall–Kier alpha value is -3.88. The van der Waals surface area contributed by atoms with Gasteiger partial charge in [0.05, 0.1) is 12.6 Å². The second-order valence-electron chi connectivity index (χ2n) is 8.15. The number of benzene rings is 2. The third-order valence-corrected chi connectivity index (χ3v) is 5.47. The van der Waals surface area contributed by atoms with Gasteiger partial charge in [0, 0.05) is 12.5 Å². The molecule has 1 aliphatic rings. The first-order valence-electron chi connectivity index (χ1n) is 10.9. The van der Waals surface area contributed by atoms with Gasteiger partial charge in [-0.3, -0.25) is 0 Å². The second kappa shape index (κ2) is 11.9. The SMILES string of the molecule is O=C(/C=C/c1ccc(O)c(O)c1)O[C@H](Cc1ccc(O)c(O[C@H]2O[C@@H](CO)[C@H](O)[C@@H](O)[C@@H]2O)c1)C(=O)[O-]. The maximum atomic E-state index is 12.1. The number of esters is 1. The smallest absolute Gasteiger partial charge is 0.331 e. The van der Waals surface area contributed by atoms with Crippen molar-refractivity contribution in [1.29, 1.82) is 0 Å². The molecule has 37 heavy (non-hydrogen) atoms. The van der Waals surface area contributed by atoms with Crippen LogP contribution in [-0.4, -0.2) is 91.1 Å². The van der Waals surface area contributed by atoms with Gasteiger partial charge in [-0.05, 0) is 41.5 Å². The number of hydrogen-bond acceptors (Lipinski definition) is 13. The Labute approximate surface area is 209 Å². The largest absolute Gasteiger partial charge is 0.546 e. The third kappa shape index (κ3) is 6.87. The summed E-state index contributed by atoms with van der Waals surface area (Å²) in [5.41, 5.74) is 0.526. The zero-order chi connectivity index (χ0) is 27.3. The number of carbonyl (C=O) groups excluding carboxylic acids is 2. The number of aliphatic hydroxyl groups excluding tert-OH is 4. The Bertz CT molecular complexity index is 1150. The van der Waals surface area contributed by atoms with Crippen LogP contribution < -0.4 is 9.84 Å². The van der Waals surface area contributed by atoms with E-state index in [4.69, 9.17) is 14.2 Å². The lowest BCUT2D eigenvalue weighted by molar-refractivity contribution is -0.315. The number of carboxylic acid groups (broad SMARTS) is 1. The van der Waals surface area contributed by atoms with Crippen LogP contribution in [0, 0.1) is 0 Å². The van der Waals surface area contributed by atoms with Crippen molar-refractivity contribution in [3.05, 3.63) is 53.6 Å². The maximum absolute atomic E-state index is 12.1. The summed E-state index contributed by atoms with van der Waals surface area (Å²) in [6, 6.07) is 7.38. The molecular formula is C24H25O13-. The minimum atomic E-state index is -1.75. The Morgan fingerprint density at radius 1 is 0.973 bits per heavy atom. The summed E-state index contributed by atoms with van der Waals surface area (Å²) >= 11 is 0. The number of phenolic OH excluding ortho intramolecular Hbond substituents is 3. The van der Waals surface area contributed by atoms with Crippen molar-refractivity contribution < 1.29 is 64.7 Å². The molecule has 1 fully saturated rings. The van der Waals surface area contributed by atoms with E-state index in [-0.39, 0.29) is 17.1 Å². The molecule has 2 aromatic rings. The molecule has 1 heterocycles. The number of carbonyl (C=O) groups is 2. The molecule has 1 saturated heterocycles. The summed E-state index contributed by atoms with van der Waals surface area (Å²) in [5.74, 6) is -4.27. The van der Waals surface area contributed by atoms with E-state index in [1.54, 1.807) is 0 Å². The number of hydrogen-bond donors (Lipinski definition) is 7. The summed E-state index contributed by atoms with van der Waals surface area (Å²) in [6.07, 6.45) is -7.98. The Morgan fingerprint density at radius 3 is 2.32 bits per heavy atom. The molecule has 200 valence electrons. The third-order valence-electron chi connectivity index (χ3n) is 5.47. The number of carboxylic acids is 1. The van der Waals surface area contributed by atoms with Crippen LogP contribution in [0.4, 0.5) is 0 Å². The van der Waals surface area contributed by atoms with E-state index in [0.717, 1.165) is 12.1 Å². The van der Waals surface area contributed by atoms with Crippen LogP contribution in [0.15, 0.2) is 42.5 Å². The first-order valence-corrected chi connectivity index (χ1v) is 10.9. The molecule has 0 bridgehead atoms. The van der Waals surface area contributed by atoms with Crippen molar-refractivity contribution in [2.24, 2.45) is 0 Å². The van der Waals surface area contributed by atoms with Gasteiger partial charge in [0.25, 0.3) is 0 Å². The minimum absolute atomic E-state index is 0.201. The van der Waals surface area contributed by atoms with Crippen molar-refractivity contribution >= 4 is 18.0 Å². The molecule has 0 aromatic heterocycles. The summed E-state index contributed by atoms with van der Waals surface area (Å²) in [6.45, 7) is -0.697. The molecule has 0 radical (unpaired) electrons. The Morgan fingerprint density at radius 2 is 1.68 bits per heavy atom. The molecule has 0 unspecified atom stereocenters. The quantitative estimate of drug-likeness (QED) is 0.107. The van der Waals surface area contributed by atoms with Gasteiger partial charge in [-0.2, -0.15) is 0 Å². The standard InChI is InChI=1S/C24H26O13/c25-10-18-20(30)21(31)22(32)24(37-18)36-16-8-12(2-5-14(16)27)9-17(23(33)34)35-19(29)6-3-11-1-4-13(26)15(28)7-11/h1-8,17-18,20-22,24-28,30-32H,9-10H2,(H,33,34)/p-1/b6-3+/t17-,18+,20+,21-,22+,24+/m1/s1. The van der Waals surface area contributed by atoms with Gasteiger partial charge >= 0.3 is 5.97 Å². The summed E-state index contributed by atoms with van der Waals surface area (Å²) < 4.78 is 15.5. The van der Waals surface area contributed by atoms with E-state index in [2.05, 4.69) is 0 Å². The van der Waals surface area contributed by atoms with Crippen molar-refractivity contribution in [3.8, 4) is 23.0 Å². The molecule has 2 aromatic carbocycles. The lowest BCUT2D eigenvalue weighted by Gasteiger charge is -2.39. The number of rotatable bonds is 9. The Kier molecular flexibility index (Phi) is 8.91. The van der Waals surface area contributed by atoms with Gasteiger partial charge in [0.15, 0.2) is 23.0 Å². The van der Waals surface area contributed by atoms with Gasteiger partial charge in [-0.1, -0.05) is 12.1 Å². The van der Waals surface area contributed by atoms with E-state index in [1.165, 1.54) is 36.4 Å². The maximum Gasteiger partial charge on any atom is 0.331 e. The molecule has 6 atom stereocenters. The zero-order valence-electron chi connectivity index (χ0n) is 19.1. The molecule has 0 amide bonds. The molecular weight excluding hydrogens is 496 g/mol. The van der Waals surface area contributed by atoms with Crippen LogP contribution in [0.5, 0.6) is 23.0 Å². The number of aliphatic hydroxyl groups is 4. The van der Waals surface area contributed by atoms with Crippen LogP contribution in [0.1, 0.15) is 11.1 Å². The van der Waals surface area contributed by atoms with Crippen LogP contribution in [0.2, 0.25) is 0 Å². The van der Waals surface area contributed by atoms with E-state index < -0.39 is 73.3 Å². The van der Waals surface area contributed by atoms with Gasteiger partial charge in [-0.25, -0.2) is 4.79 Å². The van der Waals surface area contributed by atoms with Crippen molar-refractivity contribution in [1.82, 2.24) is 0 Å². The number of aliphatic carboxylic acids is 1. The highest BCUT2D eigenvalue weighted by Gasteiger charge is 2.45. The molecule has 13 nitrogen and oxygen atoms in total. The summed E-state index contributed by atoms with van der Waals surface area (Å²) in [5, 5.41) is 79.6. The number of ether oxygens (including phenoxy) is 3. The van der Waals surface area contributed by atoms with Crippen LogP contribution in [0.25, 0.3) is 6.08 Å². The molecule has 0 spiro atoms. The van der Waals surface area contributed by atoms with Crippen LogP contribution in [0.3, 0.4) is 0 Å². The van der Waals surface area contributed by atoms with E-state index >= 15 is 0 Å². The monoisotopic (exact) mass is 521 g/mol. The topological polar surface area (TPSA) is 226 Å². The van der Waals surface area contributed by atoms with Crippen molar-refractivity contribution in [2.75, 3.05) is 6.61 Å². The molecule has 3 rings (SSSR count). The fraction of sp³-hybridized carbons (Fsp3) is 0.333. The number of phenols is 3. The fourth-order valence-electron chi connectivity index (χ4n) is 3.44. The first kappa shape index (κ1) is 27.7. The number of aromatic hydroxyl groups is 3. The van der Waals surface area contributed by atoms with E-state index in [1.807, 2.05) is 0 Å². The molecule has 0 saturated carbocycles. The minimum Gasteiger partial charge on any atom is -0.546 e. The molecule has 7 N–H and O–H groups in total. The molecule has 13 heteroatoms. The van der Waals surface area contributed by atoms with Gasteiger partial charge < -0.3 is 59.9 Å². The summed E-state index contributed by atoms with van der Waals surface area (Å²) in [7, 11) is 0. The fourth-order valence-corrected chi connectivity index (χ4v) is 3.44. The lowest BCUT2D eigenvalue weighted by atomic mass is 9.99. The molecule has 0 aliphatic carbocycles. The van der Waals surface area contributed by atoms with Crippen LogP contribution >= 0.6 is 0 Å². The van der Waals surface area contributed by atoms with Gasteiger partial charge in [0.1, 0.15) is 30.5 Å². The second-order valence-corrected chi connectivity index (χ2v) is 8.15. The average Bonchev–Trinajstić information content (AvgIpc) is 2.86. The molecule has 1 aliphatic heterocycles. The predicted octanol–water partition coefficient (Wildman–Crippen LogP) is -2.10.